The highest BCUT2D eigenvalue weighted by Crippen LogP contribution is 2.18. The van der Waals surface area contributed by atoms with Gasteiger partial charge in [0.05, 0.1) is 26.2 Å². The van der Waals surface area contributed by atoms with Gasteiger partial charge in [-0.05, 0) is 48.6 Å². The van der Waals surface area contributed by atoms with Crippen molar-refractivity contribution in [2.75, 3.05) is 31.5 Å². The van der Waals surface area contributed by atoms with E-state index >= 15 is 0 Å². The molecule has 0 bridgehead atoms. The Kier molecular flexibility index (Phi) is 6.30. The van der Waals surface area contributed by atoms with Gasteiger partial charge in [0.2, 0.25) is 0 Å². The Bertz CT molecular complexity index is 707. The largest absolute Gasteiger partial charge is 0.435 e. The van der Waals surface area contributed by atoms with Gasteiger partial charge in [-0.2, -0.15) is 8.78 Å². The highest BCUT2D eigenvalue weighted by atomic mass is 32.1. The number of thiocarbonyl (C=S) groups is 1. The van der Waals surface area contributed by atoms with Crippen LogP contribution >= 0.6 is 12.2 Å². The maximum atomic E-state index is 12.2. The van der Waals surface area contributed by atoms with Crippen LogP contribution in [0.3, 0.4) is 0 Å². The number of alkyl halides is 2. The number of aromatic nitrogens is 1. The predicted octanol–water partition coefficient (Wildman–Crippen LogP) is 1.78. The highest BCUT2D eigenvalue weighted by molar-refractivity contribution is 7.80. The molecule has 0 atom stereocenters. The van der Waals surface area contributed by atoms with E-state index in [0.717, 1.165) is 38.4 Å². The van der Waals surface area contributed by atoms with Crippen LogP contribution in [0, 0.1) is 0 Å². The molecule has 1 aromatic carbocycles. The molecule has 1 aliphatic rings. The fourth-order valence-corrected chi connectivity index (χ4v) is 3.21. The summed E-state index contributed by atoms with van der Waals surface area (Å²) in [5, 5.41) is 3.80. The minimum Gasteiger partial charge on any atom is -0.435 e. The number of benzene rings is 1. The fraction of sp³-hybridized carbons (Fsp3) is 0.333. The standard InChI is InChI=1S/C18H20F2N4OS/c19-17(20)25-16-3-1-15(2-4-16)22-18(26)24-11-9-23(10-12-24)13-14-5-7-21-8-6-14/h1-8,17H,9-13H2,(H,22,26)/p+1. The van der Waals surface area contributed by atoms with Gasteiger partial charge >= 0.3 is 6.61 Å². The molecular formula is C18H21F2N4OS+. The summed E-state index contributed by atoms with van der Waals surface area (Å²) in [6, 6.07) is 10.4. The number of piperazine rings is 1. The third-order valence-corrected chi connectivity index (χ3v) is 4.65. The normalized spacial score (nSPS) is 15.1. The molecule has 138 valence electrons. The van der Waals surface area contributed by atoms with E-state index in [9.17, 15) is 8.78 Å². The Morgan fingerprint density at radius 3 is 2.42 bits per heavy atom. The van der Waals surface area contributed by atoms with Gasteiger partial charge in [-0.1, -0.05) is 0 Å². The second-order valence-corrected chi connectivity index (χ2v) is 6.49. The molecule has 1 saturated heterocycles. The number of hydrogen-bond donors (Lipinski definition) is 2. The number of anilines is 1. The maximum Gasteiger partial charge on any atom is 0.387 e. The monoisotopic (exact) mass is 379 g/mol. The third-order valence-electron chi connectivity index (χ3n) is 4.29. The SMILES string of the molecule is FC(F)Oc1ccc(NC(=S)N2CC[NH+](Cc3ccncc3)CC2)cc1. The van der Waals surface area contributed by atoms with Crippen molar-refractivity contribution in [3.8, 4) is 5.75 Å². The van der Waals surface area contributed by atoms with Gasteiger partial charge in [0, 0.05) is 23.6 Å². The van der Waals surface area contributed by atoms with Crippen molar-refractivity contribution in [3.63, 3.8) is 0 Å². The van der Waals surface area contributed by atoms with E-state index < -0.39 is 6.61 Å². The third kappa shape index (κ3) is 5.34. The van der Waals surface area contributed by atoms with Gasteiger partial charge in [-0.3, -0.25) is 4.98 Å². The Balaban J connectivity index is 1.46. The topological polar surface area (TPSA) is 41.8 Å². The summed E-state index contributed by atoms with van der Waals surface area (Å²) in [5.74, 6) is 0.129. The summed E-state index contributed by atoms with van der Waals surface area (Å²) < 4.78 is 28.7. The van der Waals surface area contributed by atoms with Crippen molar-refractivity contribution in [2.24, 2.45) is 0 Å². The Morgan fingerprint density at radius 1 is 1.15 bits per heavy atom. The first-order valence-electron chi connectivity index (χ1n) is 8.43. The fourth-order valence-electron chi connectivity index (χ4n) is 2.91. The highest BCUT2D eigenvalue weighted by Gasteiger charge is 2.21. The lowest BCUT2D eigenvalue weighted by Gasteiger charge is -2.33. The number of quaternary nitrogens is 1. The summed E-state index contributed by atoms with van der Waals surface area (Å²) in [6.07, 6.45) is 3.64. The molecule has 1 aromatic heterocycles. The van der Waals surface area contributed by atoms with E-state index in [1.54, 1.807) is 12.1 Å². The number of rotatable bonds is 5. The van der Waals surface area contributed by atoms with Crippen LogP contribution in [0.2, 0.25) is 0 Å². The molecule has 0 spiro atoms. The van der Waals surface area contributed by atoms with Crippen LogP contribution in [0.1, 0.15) is 5.56 Å². The molecule has 3 rings (SSSR count). The zero-order valence-corrected chi connectivity index (χ0v) is 15.0. The van der Waals surface area contributed by atoms with Gasteiger partial charge in [-0.15, -0.1) is 0 Å². The summed E-state index contributed by atoms with van der Waals surface area (Å²) in [7, 11) is 0. The van der Waals surface area contributed by atoms with Crippen LogP contribution in [-0.2, 0) is 6.54 Å². The van der Waals surface area contributed by atoms with E-state index in [2.05, 4.69) is 19.9 Å². The first-order valence-corrected chi connectivity index (χ1v) is 8.84. The summed E-state index contributed by atoms with van der Waals surface area (Å²) in [6.45, 7) is 1.93. The molecule has 0 radical (unpaired) electrons. The molecule has 1 fully saturated rings. The Labute approximate surface area is 156 Å². The van der Waals surface area contributed by atoms with Crippen LogP contribution < -0.4 is 15.0 Å². The Morgan fingerprint density at radius 2 is 1.81 bits per heavy atom. The van der Waals surface area contributed by atoms with Gasteiger partial charge in [-0.25, -0.2) is 0 Å². The first-order chi connectivity index (χ1) is 12.6. The minimum atomic E-state index is -2.82. The van der Waals surface area contributed by atoms with Crippen LogP contribution in [0.4, 0.5) is 14.5 Å². The number of pyridine rings is 1. The van der Waals surface area contributed by atoms with Crippen LogP contribution in [0.15, 0.2) is 48.8 Å². The van der Waals surface area contributed by atoms with Gasteiger partial charge in [0.15, 0.2) is 5.11 Å². The van der Waals surface area contributed by atoms with Gasteiger partial charge in [0.1, 0.15) is 12.3 Å². The van der Waals surface area contributed by atoms with Crippen molar-refractivity contribution in [3.05, 3.63) is 54.4 Å². The lowest BCUT2D eigenvalue weighted by molar-refractivity contribution is -0.917. The zero-order valence-electron chi connectivity index (χ0n) is 14.2. The average Bonchev–Trinajstić information content (AvgIpc) is 2.64. The van der Waals surface area contributed by atoms with Crippen molar-refractivity contribution < 1.29 is 18.4 Å². The molecule has 2 aromatic rings. The van der Waals surface area contributed by atoms with Gasteiger partial charge in [0.25, 0.3) is 0 Å². The molecule has 0 aliphatic carbocycles. The van der Waals surface area contributed by atoms with E-state index in [4.69, 9.17) is 12.2 Å². The molecule has 26 heavy (non-hydrogen) atoms. The smallest absolute Gasteiger partial charge is 0.387 e. The van der Waals surface area contributed by atoms with E-state index in [0.29, 0.717) is 5.11 Å². The maximum absolute atomic E-state index is 12.2. The second kappa shape index (κ2) is 8.86. The molecule has 5 nitrogen and oxygen atoms in total. The van der Waals surface area contributed by atoms with Crippen molar-refractivity contribution in [1.29, 1.82) is 0 Å². The molecule has 0 saturated carbocycles. The predicted molar refractivity (Wildman–Crippen MR) is 99.5 cm³/mol. The van der Waals surface area contributed by atoms with Crippen molar-refractivity contribution in [1.82, 2.24) is 9.88 Å². The van der Waals surface area contributed by atoms with E-state index in [1.165, 1.54) is 22.6 Å². The number of nitrogens with one attached hydrogen (secondary N) is 2. The van der Waals surface area contributed by atoms with E-state index in [1.807, 2.05) is 24.5 Å². The van der Waals surface area contributed by atoms with Crippen LogP contribution in [0.25, 0.3) is 0 Å². The van der Waals surface area contributed by atoms with E-state index in [-0.39, 0.29) is 5.75 Å². The molecular weight excluding hydrogens is 358 g/mol. The number of ether oxygens (including phenoxy) is 1. The number of halogens is 2. The summed E-state index contributed by atoms with van der Waals surface area (Å²) in [5.41, 5.74) is 2.04. The lowest BCUT2D eigenvalue weighted by Crippen LogP contribution is -3.13. The second-order valence-electron chi connectivity index (χ2n) is 6.10. The number of nitrogens with zero attached hydrogens (tertiary/aromatic N) is 2. The number of hydrogen-bond acceptors (Lipinski definition) is 3. The lowest BCUT2D eigenvalue weighted by atomic mass is 10.2. The van der Waals surface area contributed by atoms with Crippen molar-refractivity contribution >= 4 is 23.0 Å². The quantitative estimate of drug-likeness (QED) is 0.776. The molecule has 0 amide bonds. The molecule has 8 heteroatoms. The minimum absolute atomic E-state index is 0.129. The molecule has 2 heterocycles. The zero-order chi connectivity index (χ0) is 18.4. The van der Waals surface area contributed by atoms with Gasteiger partial charge < -0.3 is 19.9 Å². The average molecular weight is 379 g/mol. The Hall–Kier alpha value is -2.32. The molecule has 2 N–H and O–H groups in total. The molecule has 0 unspecified atom stereocenters. The van der Waals surface area contributed by atoms with Crippen LogP contribution in [0.5, 0.6) is 5.75 Å². The van der Waals surface area contributed by atoms with Crippen LogP contribution in [-0.4, -0.2) is 47.8 Å². The summed E-state index contributed by atoms with van der Waals surface area (Å²) >= 11 is 5.47. The summed E-state index contributed by atoms with van der Waals surface area (Å²) in [4.78, 5) is 7.70. The first kappa shape index (κ1) is 18.5. The van der Waals surface area contributed by atoms with Crippen molar-refractivity contribution in [2.45, 2.75) is 13.2 Å². The molecule has 1 aliphatic heterocycles.